The van der Waals surface area contributed by atoms with Gasteiger partial charge in [-0.1, -0.05) is 194 Å². The molecule has 0 fully saturated rings. The number of nitrogens with one attached hydrogen (secondary N) is 2. The van der Waals surface area contributed by atoms with Crippen LogP contribution in [0.15, 0.2) is 254 Å². The summed E-state index contributed by atoms with van der Waals surface area (Å²) in [6.07, 6.45) is 0. The number of anilines is 4. The molecule has 2 aliphatic rings. The molecule has 0 spiro atoms. The van der Waals surface area contributed by atoms with Crippen molar-refractivity contribution in [3.63, 3.8) is 0 Å². The molecule has 340 valence electrons. The summed E-state index contributed by atoms with van der Waals surface area (Å²) in [5.41, 5.74) is 6.54. The molecule has 0 saturated heterocycles. The van der Waals surface area contributed by atoms with E-state index in [9.17, 15) is 28.8 Å². The molecule has 0 saturated carbocycles. The minimum Gasteiger partial charge on any atom is -0.325 e. The monoisotopic (exact) mass is 916 g/mol. The number of hydrogen-bond donors (Lipinski definition) is 2. The highest BCUT2D eigenvalue weighted by molar-refractivity contribution is 6.41. The highest BCUT2D eigenvalue weighted by Crippen LogP contribution is 2.49. The van der Waals surface area contributed by atoms with Crippen molar-refractivity contribution in [3.8, 4) is 0 Å². The molecule has 0 bridgehead atoms. The standard InChI is InChI=1S/C30H24N2O4.C30H20N2O2/c33-27(21-13-5-1-6-14-21)25(29(35)31-23-17-9-3-10-18-23)26(28(34)22-15-7-2-8-16-22)30(36)32-24-19-11-4-12-20-24;33-29-25-26(28(22-15-7-2-8-16-22)32(29)24-19-11-4-12-20-24)30(34)31(23-17-9-3-10-18-23)27(25)21-13-5-1-6-14-21/h1-20,25-26H,(H,31,35)(H,32,36);1-20H. The molecule has 8 aromatic carbocycles. The quantitative estimate of drug-likeness (QED) is 0.0874. The van der Waals surface area contributed by atoms with E-state index in [1.807, 2.05) is 121 Å². The summed E-state index contributed by atoms with van der Waals surface area (Å²) >= 11 is 0. The number of benzene rings is 8. The van der Waals surface area contributed by atoms with Crippen LogP contribution < -0.4 is 20.4 Å². The van der Waals surface area contributed by atoms with Crippen LogP contribution in [-0.2, 0) is 19.2 Å². The lowest BCUT2D eigenvalue weighted by molar-refractivity contribution is -0.126. The molecule has 0 aliphatic carbocycles. The number of hydrogen-bond acceptors (Lipinski definition) is 6. The minimum absolute atomic E-state index is 0.203. The molecule has 70 heavy (non-hydrogen) atoms. The van der Waals surface area contributed by atoms with Crippen LogP contribution in [0, 0.1) is 11.8 Å². The third-order valence-corrected chi connectivity index (χ3v) is 11.8. The van der Waals surface area contributed by atoms with Gasteiger partial charge < -0.3 is 10.6 Å². The van der Waals surface area contributed by atoms with Crippen LogP contribution in [0.3, 0.4) is 0 Å². The van der Waals surface area contributed by atoms with Gasteiger partial charge in [0.1, 0.15) is 11.8 Å². The van der Waals surface area contributed by atoms with Crippen molar-refractivity contribution in [1.29, 1.82) is 0 Å². The fourth-order valence-corrected chi connectivity index (χ4v) is 8.58. The number of rotatable bonds is 13. The Labute approximate surface area is 404 Å². The summed E-state index contributed by atoms with van der Waals surface area (Å²) in [6, 6.07) is 71.9. The van der Waals surface area contributed by atoms with E-state index in [2.05, 4.69) is 10.6 Å². The Balaban J connectivity index is 0.000000174. The van der Waals surface area contributed by atoms with Crippen LogP contribution in [0.1, 0.15) is 31.8 Å². The van der Waals surface area contributed by atoms with Gasteiger partial charge in [-0.2, -0.15) is 0 Å². The molecule has 10 nitrogen and oxygen atoms in total. The number of para-hydroxylation sites is 4. The second kappa shape index (κ2) is 21.0. The molecule has 0 aromatic heterocycles. The fraction of sp³-hybridized carbons (Fsp3) is 0.0333. The normalized spacial score (nSPS) is 13.7. The van der Waals surface area contributed by atoms with E-state index in [-0.39, 0.29) is 22.9 Å². The first-order chi connectivity index (χ1) is 34.3. The number of carbonyl (C=O) groups excluding carboxylic acids is 6. The van der Waals surface area contributed by atoms with Crippen LogP contribution in [0.25, 0.3) is 11.4 Å². The zero-order valence-corrected chi connectivity index (χ0v) is 37.6. The number of Topliss-reactive ketones (excluding diaryl/α,β-unsaturated/α-hetero) is 2. The van der Waals surface area contributed by atoms with Gasteiger partial charge in [0.25, 0.3) is 11.8 Å². The van der Waals surface area contributed by atoms with Gasteiger partial charge in [0.15, 0.2) is 11.6 Å². The topological polar surface area (TPSA) is 133 Å². The molecule has 2 N–H and O–H groups in total. The summed E-state index contributed by atoms with van der Waals surface area (Å²) in [4.78, 5) is 86.2. The first-order valence-corrected chi connectivity index (χ1v) is 22.6. The lowest BCUT2D eigenvalue weighted by atomic mass is 9.79. The summed E-state index contributed by atoms with van der Waals surface area (Å²) < 4.78 is 0. The van der Waals surface area contributed by atoms with Gasteiger partial charge in [-0.05, 0) is 59.7 Å². The van der Waals surface area contributed by atoms with E-state index in [0.717, 1.165) is 22.5 Å². The van der Waals surface area contributed by atoms with Gasteiger partial charge in [-0.25, -0.2) is 0 Å². The Bertz CT molecular complexity index is 3020. The summed E-state index contributed by atoms with van der Waals surface area (Å²) in [5.74, 6) is -6.35. The first-order valence-electron chi connectivity index (χ1n) is 22.6. The number of nitrogens with zero attached hydrogens (tertiary/aromatic N) is 2. The average molecular weight is 917 g/mol. The lowest BCUT2D eigenvalue weighted by Crippen LogP contribution is -2.45. The van der Waals surface area contributed by atoms with E-state index >= 15 is 0 Å². The van der Waals surface area contributed by atoms with Crippen molar-refractivity contribution < 1.29 is 28.8 Å². The zero-order valence-electron chi connectivity index (χ0n) is 37.6. The van der Waals surface area contributed by atoms with Crippen molar-refractivity contribution in [1.82, 2.24) is 0 Å². The second-order valence-corrected chi connectivity index (χ2v) is 16.3. The van der Waals surface area contributed by atoms with Crippen molar-refractivity contribution in [2.45, 2.75) is 0 Å². The largest absolute Gasteiger partial charge is 0.325 e. The maximum Gasteiger partial charge on any atom is 0.265 e. The van der Waals surface area contributed by atoms with Crippen molar-refractivity contribution in [2.75, 3.05) is 20.4 Å². The van der Waals surface area contributed by atoms with Crippen molar-refractivity contribution >= 4 is 69.3 Å². The van der Waals surface area contributed by atoms with Gasteiger partial charge >= 0.3 is 0 Å². The Kier molecular flexibility index (Phi) is 13.7. The molecular weight excluding hydrogens is 873 g/mol. The Morgan fingerprint density at radius 3 is 0.886 bits per heavy atom. The first kappa shape index (κ1) is 45.6. The molecule has 10 heteroatoms. The van der Waals surface area contributed by atoms with Gasteiger partial charge in [-0.15, -0.1) is 0 Å². The van der Waals surface area contributed by atoms with E-state index in [1.54, 1.807) is 131 Å². The number of fused-ring (bicyclic) bond motifs is 1. The number of amides is 4. The van der Waals surface area contributed by atoms with Crippen molar-refractivity contribution in [3.05, 3.63) is 276 Å². The van der Waals surface area contributed by atoms with Gasteiger partial charge in [0, 0.05) is 33.9 Å². The predicted molar refractivity (Wildman–Crippen MR) is 273 cm³/mol. The molecule has 2 unspecified atom stereocenters. The number of ketones is 2. The van der Waals surface area contributed by atoms with E-state index in [4.69, 9.17) is 0 Å². The Morgan fingerprint density at radius 2 is 0.586 bits per heavy atom. The molecule has 2 atom stereocenters. The highest BCUT2D eigenvalue weighted by Gasteiger charge is 2.50. The Morgan fingerprint density at radius 1 is 0.329 bits per heavy atom. The number of carbonyl (C=O) groups is 6. The van der Waals surface area contributed by atoms with Crippen LogP contribution in [0.5, 0.6) is 0 Å². The summed E-state index contributed by atoms with van der Waals surface area (Å²) in [7, 11) is 0. The SMILES string of the molecule is O=C(Nc1ccccc1)C(C(=O)c1ccccc1)C(C(=O)Nc1ccccc1)C(=O)c1ccccc1.O=C1C2=C(c3ccccc3)N(c3ccccc3)C(=O)C2=C(c2ccccc2)N1c1ccccc1. The van der Waals surface area contributed by atoms with Crippen LogP contribution in [0.2, 0.25) is 0 Å². The predicted octanol–water partition coefficient (Wildman–Crippen LogP) is 11.2. The maximum absolute atomic E-state index is 14.1. The van der Waals surface area contributed by atoms with Crippen LogP contribution in [-0.4, -0.2) is 35.2 Å². The van der Waals surface area contributed by atoms with Gasteiger partial charge in [0.05, 0.1) is 22.5 Å². The third kappa shape index (κ3) is 9.51. The van der Waals surface area contributed by atoms with Gasteiger partial charge in [0.2, 0.25) is 11.8 Å². The van der Waals surface area contributed by atoms with E-state index in [0.29, 0.717) is 33.9 Å². The fourth-order valence-electron chi connectivity index (χ4n) is 8.58. The smallest absolute Gasteiger partial charge is 0.265 e. The summed E-state index contributed by atoms with van der Waals surface area (Å²) in [5, 5.41) is 5.41. The summed E-state index contributed by atoms with van der Waals surface area (Å²) in [6.45, 7) is 0. The highest BCUT2D eigenvalue weighted by atomic mass is 16.2. The maximum atomic E-state index is 14.1. The Hall–Kier alpha value is -9.54. The lowest BCUT2D eigenvalue weighted by Gasteiger charge is -2.25. The van der Waals surface area contributed by atoms with Crippen LogP contribution >= 0.6 is 0 Å². The molecule has 2 heterocycles. The van der Waals surface area contributed by atoms with Crippen molar-refractivity contribution in [2.24, 2.45) is 11.8 Å². The van der Waals surface area contributed by atoms with Gasteiger partial charge in [-0.3, -0.25) is 38.6 Å². The average Bonchev–Trinajstić information content (AvgIpc) is 3.90. The molecule has 10 rings (SSSR count). The minimum atomic E-state index is -1.61. The van der Waals surface area contributed by atoms with Crippen LogP contribution in [0.4, 0.5) is 22.7 Å². The van der Waals surface area contributed by atoms with E-state index < -0.39 is 35.2 Å². The molecule has 0 radical (unpaired) electrons. The second-order valence-electron chi connectivity index (χ2n) is 16.3. The zero-order chi connectivity index (χ0) is 48.4. The molecular formula is C60H44N4O6. The molecule has 8 aromatic rings. The van der Waals surface area contributed by atoms with E-state index in [1.165, 1.54) is 0 Å². The third-order valence-electron chi connectivity index (χ3n) is 11.8. The molecule has 4 amide bonds. The molecule has 2 aliphatic heterocycles.